The molecule has 0 aliphatic rings. The lowest BCUT2D eigenvalue weighted by atomic mass is 10.3. The molecule has 0 unspecified atom stereocenters. The Balaban J connectivity index is 2.43. The van der Waals surface area contributed by atoms with Crippen molar-refractivity contribution >= 4 is 43.5 Å². The lowest BCUT2D eigenvalue weighted by molar-refractivity contribution is -0.121. The third-order valence-electron chi connectivity index (χ3n) is 2.07. The van der Waals surface area contributed by atoms with Gasteiger partial charge in [-0.05, 0) is 57.8 Å². The van der Waals surface area contributed by atoms with E-state index < -0.39 is 0 Å². The molecule has 1 amide bonds. The summed E-state index contributed by atoms with van der Waals surface area (Å²) in [5.74, 6) is 0.0654. The minimum Gasteiger partial charge on any atom is -0.383 e. The SMILES string of the molecule is CC(C)NC(=O)CCNc1c(Br)cccc1Br. The van der Waals surface area contributed by atoms with Crippen molar-refractivity contribution in [3.63, 3.8) is 0 Å². The summed E-state index contributed by atoms with van der Waals surface area (Å²) in [4.78, 5) is 11.4. The maximum Gasteiger partial charge on any atom is 0.221 e. The standard InChI is InChI=1S/C12H16Br2N2O/c1-8(2)16-11(17)6-7-15-12-9(13)4-3-5-10(12)14/h3-5,8,15H,6-7H2,1-2H3,(H,16,17). The van der Waals surface area contributed by atoms with E-state index in [4.69, 9.17) is 0 Å². The van der Waals surface area contributed by atoms with Gasteiger partial charge in [-0.25, -0.2) is 0 Å². The first-order valence-corrected chi connectivity index (χ1v) is 7.06. The number of hydrogen-bond acceptors (Lipinski definition) is 2. The number of carbonyl (C=O) groups excluding carboxylic acids is 1. The molecule has 0 saturated carbocycles. The highest BCUT2D eigenvalue weighted by Crippen LogP contribution is 2.30. The van der Waals surface area contributed by atoms with Crippen molar-refractivity contribution in [3.8, 4) is 0 Å². The van der Waals surface area contributed by atoms with E-state index >= 15 is 0 Å². The first-order valence-electron chi connectivity index (χ1n) is 5.48. The Labute approximate surface area is 119 Å². The van der Waals surface area contributed by atoms with Crippen molar-refractivity contribution in [1.82, 2.24) is 5.32 Å². The van der Waals surface area contributed by atoms with E-state index in [0.717, 1.165) is 14.6 Å². The molecule has 1 aromatic rings. The Hall–Kier alpha value is -0.550. The number of hydrogen-bond donors (Lipinski definition) is 2. The highest BCUT2D eigenvalue weighted by atomic mass is 79.9. The van der Waals surface area contributed by atoms with Crippen LogP contribution in [0.1, 0.15) is 20.3 Å². The zero-order valence-electron chi connectivity index (χ0n) is 9.89. The van der Waals surface area contributed by atoms with Crippen LogP contribution in [0.3, 0.4) is 0 Å². The number of benzene rings is 1. The first-order chi connectivity index (χ1) is 8.00. The van der Waals surface area contributed by atoms with Crippen molar-refractivity contribution in [2.75, 3.05) is 11.9 Å². The van der Waals surface area contributed by atoms with E-state index in [9.17, 15) is 4.79 Å². The van der Waals surface area contributed by atoms with Crippen LogP contribution in [0.5, 0.6) is 0 Å². The second-order valence-corrected chi connectivity index (χ2v) is 5.70. The van der Waals surface area contributed by atoms with E-state index in [1.807, 2.05) is 32.0 Å². The van der Waals surface area contributed by atoms with Gasteiger partial charge in [0.05, 0.1) is 5.69 Å². The van der Waals surface area contributed by atoms with Crippen LogP contribution in [0.15, 0.2) is 27.1 Å². The molecule has 0 aliphatic carbocycles. The van der Waals surface area contributed by atoms with Gasteiger partial charge in [0.25, 0.3) is 0 Å². The molecular weight excluding hydrogens is 348 g/mol. The molecular formula is C12H16Br2N2O. The molecule has 1 aromatic carbocycles. The summed E-state index contributed by atoms with van der Waals surface area (Å²) in [7, 11) is 0. The van der Waals surface area contributed by atoms with Gasteiger partial charge in [-0.3, -0.25) is 4.79 Å². The third kappa shape index (κ3) is 5.08. The van der Waals surface area contributed by atoms with Crippen LogP contribution in [0.4, 0.5) is 5.69 Å². The molecule has 2 N–H and O–H groups in total. The number of halogens is 2. The summed E-state index contributed by atoms with van der Waals surface area (Å²) in [6.07, 6.45) is 0.464. The summed E-state index contributed by atoms with van der Waals surface area (Å²) < 4.78 is 1.97. The normalized spacial score (nSPS) is 10.4. The lowest BCUT2D eigenvalue weighted by Crippen LogP contribution is -2.31. The van der Waals surface area contributed by atoms with Crippen molar-refractivity contribution in [3.05, 3.63) is 27.1 Å². The third-order valence-corrected chi connectivity index (χ3v) is 3.39. The van der Waals surface area contributed by atoms with Crippen molar-refractivity contribution in [2.24, 2.45) is 0 Å². The van der Waals surface area contributed by atoms with E-state index in [2.05, 4.69) is 42.5 Å². The van der Waals surface area contributed by atoms with Crippen molar-refractivity contribution < 1.29 is 4.79 Å². The van der Waals surface area contributed by atoms with Gasteiger partial charge in [0.1, 0.15) is 0 Å². The Morgan fingerprint density at radius 1 is 1.29 bits per heavy atom. The molecule has 0 bridgehead atoms. The molecule has 0 atom stereocenters. The molecule has 0 aliphatic heterocycles. The molecule has 5 heteroatoms. The number of amides is 1. The van der Waals surface area contributed by atoms with Gasteiger partial charge in [-0.2, -0.15) is 0 Å². The minimum absolute atomic E-state index is 0.0654. The molecule has 1 rings (SSSR count). The van der Waals surface area contributed by atoms with Crippen LogP contribution in [0.2, 0.25) is 0 Å². The number of nitrogens with one attached hydrogen (secondary N) is 2. The zero-order chi connectivity index (χ0) is 12.8. The summed E-state index contributed by atoms with van der Waals surface area (Å²) in [5.41, 5.74) is 0.977. The second kappa shape index (κ2) is 7.01. The van der Waals surface area contributed by atoms with Crippen molar-refractivity contribution in [2.45, 2.75) is 26.3 Å². The number of carbonyl (C=O) groups is 1. The van der Waals surface area contributed by atoms with Gasteiger partial charge in [0, 0.05) is 28.0 Å². The van der Waals surface area contributed by atoms with Crippen LogP contribution in [-0.2, 0) is 4.79 Å². The molecule has 94 valence electrons. The Morgan fingerprint density at radius 3 is 2.41 bits per heavy atom. The average molecular weight is 364 g/mol. The van der Waals surface area contributed by atoms with E-state index in [1.54, 1.807) is 0 Å². The zero-order valence-corrected chi connectivity index (χ0v) is 13.1. The fourth-order valence-electron chi connectivity index (χ4n) is 1.36. The van der Waals surface area contributed by atoms with E-state index in [1.165, 1.54) is 0 Å². The van der Waals surface area contributed by atoms with Crippen LogP contribution in [0.25, 0.3) is 0 Å². The fourth-order valence-corrected chi connectivity index (χ4v) is 2.64. The summed E-state index contributed by atoms with van der Waals surface area (Å²) in [6.45, 7) is 4.52. The molecule has 0 saturated heterocycles. The quantitative estimate of drug-likeness (QED) is 0.840. The lowest BCUT2D eigenvalue weighted by Gasteiger charge is -2.11. The largest absolute Gasteiger partial charge is 0.383 e. The van der Waals surface area contributed by atoms with E-state index in [-0.39, 0.29) is 11.9 Å². The second-order valence-electron chi connectivity index (χ2n) is 4.00. The Bertz CT molecular complexity index is 374. The summed E-state index contributed by atoms with van der Waals surface area (Å²) in [6, 6.07) is 6.06. The number of anilines is 1. The Kier molecular flexibility index (Phi) is 5.98. The van der Waals surface area contributed by atoms with Gasteiger partial charge < -0.3 is 10.6 Å². The van der Waals surface area contributed by atoms with Gasteiger partial charge in [0.2, 0.25) is 5.91 Å². The van der Waals surface area contributed by atoms with E-state index in [0.29, 0.717) is 13.0 Å². The van der Waals surface area contributed by atoms with Gasteiger partial charge in [-0.15, -0.1) is 0 Å². The fraction of sp³-hybridized carbons (Fsp3) is 0.417. The van der Waals surface area contributed by atoms with Gasteiger partial charge >= 0.3 is 0 Å². The summed E-state index contributed by atoms with van der Waals surface area (Å²) >= 11 is 6.92. The number of para-hydroxylation sites is 1. The average Bonchev–Trinajstić information content (AvgIpc) is 2.21. The van der Waals surface area contributed by atoms with Crippen LogP contribution >= 0.6 is 31.9 Å². The predicted molar refractivity (Wildman–Crippen MR) is 78.2 cm³/mol. The molecule has 0 heterocycles. The maximum atomic E-state index is 11.4. The smallest absolute Gasteiger partial charge is 0.221 e. The monoisotopic (exact) mass is 362 g/mol. The molecule has 0 aromatic heterocycles. The molecule has 0 radical (unpaired) electrons. The van der Waals surface area contributed by atoms with Gasteiger partial charge in [-0.1, -0.05) is 6.07 Å². The maximum absolute atomic E-state index is 11.4. The summed E-state index contributed by atoms with van der Waals surface area (Å²) in [5, 5.41) is 6.09. The minimum atomic E-state index is 0.0654. The molecule has 0 spiro atoms. The number of rotatable bonds is 5. The van der Waals surface area contributed by atoms with Crippen LogP contribution in [0, 0.1) is 0 Å². The highest BCUT2D eigenvalue weighted by Gasteiger charge is 2.06. The van der Waals surface area contributed by atoms with Crippen LogP contribution < -0.4 is 10.6 Å². The molecule has 3 nitrogen and oxygen atoms in total. The topological polar surface area (TPSA) is 41.1 Å². The molecule has 17 heavy (non-hydrogen) atoms. The van der Waals surface area contributed by atoms with Gasteiger partial charge in [0.15, 0.2) is 0 Å². The predicted octanol–water partition coefficient (Wildman–Crippen LogP) is 3.54. The Morgan fingerprint density at radius 2 is 1.88 bits per heavy atom. The molecule has 0 fully saturated rings. The first kappa shape index (κ1) is 14.5. The van der Waals surface area contributed by atoms with Crippen molar-refractivity contribution in [1.29, 1.82) is 0 Å². The highest BCUT2D eigenvalue weighted by molar-refractivity contribution is 9.11. The van der Waals surface area contributed by atoms with Crippen LogP contribution in [-0.4, -0.2) is 18.5 Å².